The number of carboxylic acid groups (broad SMARTS) is 1. The summed E-state index contributed by atoms with van der Waals surface area (Å²) in [6.45, 7) is 28.6. The Labute approximate surface area is 676 Å². The van der Waals surface area contributed by atoms with Gasteiger partial charge in [-0.1, -0.05) is 175 Å². The van der Waals surface area contributed by atoms with E-state index in [0.29, 0.717) is 64.3 Å². The maximum Gasteiger partial charge on any atom is 0.303 e. The van der Waals surface area contributed by atoms with E-state index in [2.05, 4.69) is 53.1 Å². The van der Waals surface area contributed by atoms with Crippen LogP contribution in [-0.2, 0) is 62.4 Å². The van der Waals surface area contributed by atoms with Gasteiger partial charge in [0.25, 0.3) is 0 Å². The van der Waals surface area contributed by atoms with E-state index in [1.165, 1.54) is 9.80 Å². The predicted octanol–water partition coefficient (Wildman–Crippen LogP) is 14.7. The summed E-state index contributed by atoms with van der Waals surface area (Å²) in [5.74, 6) is -2.35. The zero-order valence-corrected chi connectivity index (χ0v) is 71.2. The number of carboxylic acids is 1. The van der Waals surface area contributed by atoms with Crippen molar-refractivity contribution >= 4 is 86.6 Å². The van der Waals surface area contributed by atoms with Crippen molar-refractivity contribution in [3.63, 3.8) is 0 Å². The van der Waals surface area contributed by atoms with Crippen LogP contribution in [0.15, 0.2) is 89.3 Å². The molecule has 6 heterocycles. The number of aliphatic carboxylic acids is 1. The molecule has 0 unspecified atom stereocenters. The number of ketones is 5. The Morgan fingerprint density at radius 1 is 0.438 bits per heavy atom. The van der Waals surface area contributed by atoms with Gasteiger partial charge in [-0.2, -0.15) is 0 Å². The number of hydrogen-bond donors (Lipinski definition) is 6. The molecule has 8 N–H and O–H groups in total. The van der Waals surface area contributed by atoms with Crippen molar-refractivity contribution in [3.05, 3.63) is 123 Å². The second-order valence-corrected chi connectivity index (χ2v) is 36.3. The number of nitrogens with zero attached hydrogens (tertiary/aromatic N) is 6. The van der Waals surface area contributed by atoms with Gasteiger partial charge in [0.2, 0.25) is 17.7 Å². The quantitative estimate of drug-likeness (QED) is 0.0204. The highest BCUT2D eigenvalue weighted by Gasteiger charge is 2.47. The summed E-state index contributed by atoms with van der Waals surface area (Å²) < 4.78 is 0. The minimum atomic E-state index is -0.735. The molecule has 9 atom stereocenters. The summed E-state index contributed by atoms with van der Waals surface area (Å²) in [7, 11) is 0. The highest BCUT2D eigenvalue weighted by atomic mass is 32.1. The Morgan fingerprint density at radius 2 is 0.732 bits per heavy atom. The molecule has 0 aliphatic carbocycles. The molecule has 0 spiro atoms. The lowest BCUT2D eigenvalue weighted by Crippen LogP contribution is -2.53. The van der Waals surface area contributed by atoms with Crippen LogP contribution in [0.4, 0.5) is 0 Å². The van der Waals surface area contributed by atoms with Gasteiger partial charge in [0.1, 0.15) is 11.6 Å². The first-order valence-electron chi connectivity index (χ1n) is 40.1. The lowest BCUT2D eigenvalue weighted by Gasteiger charge is -2.34. The van der Waals surface area contributed by atoms with Crippen LogP contribution in [0, 0.1) is 48.9 Å². The van der Waals surface area contributed by atoms with Gasteiger partial charge in [-0.25, -0.2) is 15.0 Å². The number of aliphatic hydroxyl groups is 3. The molecule has 0 radical (unpaired) electrons. The topological polar surface area (TPSA) is 335 Å². The van der Waals surface area contributed by atoms with E-state index < -0.39 is 76.5 Å². The smallest absolute Gasteiger partial charge is 0.303 e. The minimum absolute atomic E-state index is 0.0246. The zero-order valence-electron chi connectivity index (χ0n) is 68.8. The Kier molecular flexibility index (Phi) is 37.1. The fraction of sp³-hybridized carbons (Fsp3) is 0.591. The lowest BCUT2D eigenvalue weighted by molar-refractivity contribution is -0.146. The molecule has 112 heavy (non-hydrogen) atoms. The Morgan fingerprint density at radius 3 is 0.991 bits per heavy atom. The van der Waals surface area contributed by atoms with Crippen molar-refractivity contribution in [3.8, 4) is 31.3 Å². The van der Waals surface area contributed by atoms with Gasteiger partial charge in [0.15, 0.2) is 17.3 Å². The molecule has 9 rings (SSSR count). The molecule has 3 saturated heterocycles. The fourth-order valence-corrected chi connectivity index (χ4v) is 16.7. The molecule has 21 nitrogen and oxygen atoms in total. The van der Waals surface area contributed by atoms with Crippen LogP contribution in [-0.4, -0.2) is 171 Å². The molecule has 0 bridgehead atoms. The number of unbranched alkanes of at least 4 members (excludes halogenated alkanes) is 5. The number of amides is 3. The molecule has 3 aromatic heterocycles. The van der Waals surface area contributed by atoms with Gasteiger partial charge in [0, 0.05) is 102 Å². The second kappa shape index (κ2) is 44.5. The van der Waals surface area contributed by atoms with E-state index in [0.717, 1.165) is 110 Å². The highest BCUT2D eigenvalue weighted by Crippen LogP contribution is 2.38. The Bertz CT molecular complexity index is 3850. The van der Waals surface area contributed by atoms with Crippen LogP contribution in [0.2, 0.25) is 0 Å². The van der Waals surface area contributed by atoms with E-state index in [9.17, 15) is 58.5 Å². The number of likely N-dealkylation sites (tertiary alicyclic amines) is 3. The number of carbonyl (C=O) groups is 9. The molecule has 3 aliphatic rings. The summed E-state index contributed by atoms with van der Waals surface area (Å²) in [4.78, 5) is 136. The monoisotopic (exact) mass is 1600 g/mol. The first-order chi connectivity index (χ1) is 52.9. The fourth-order valence-electron chi connectivity index (χ4n) is 14.3. The van der Waals surface area contributed by atoms with Crippen molar-refractivity contribution in [2.45, 2.75) is 281 Å². The average molecular weight is 1600 g/mol. The lowest BCUT2D eigenvalue weighted by atomic mass is 9.76. The molecular formula is C88H126N8O13S3. The largest absolute Gasteiger partial charge is 0.481 e. The normalized spacial score (nSPS) is 18.5. The van der Waals surface area contributed by atoms with Crippen molar-refractivity contribution in [1.29, 1.82) is 0 Å². The third-order valence-corrected chi connectivity index (χ3v) is 24.3. The van der Waals surface area contributed by atoms with Crippen molar-refractivity contribution in [2.24, 2.45) is 39.5 Å². The van der Waals surface area contributed by atoms with E-state index >= 15 is 0 Å². The number of nitrogens with two attached hydrogens (primary N) is 2. The minimum Gasteiger partial charge on any atom is -0.481 e. The number of thiazole rings is 3. The van der Waals surface area contributed by atoms with E-state index in [4.69, 9.17) is 16.6 Å². The van der Waals surface area contributed by atoms with Crippen LogP contribution in [0.3, 0.4) is 0 Å². The Balaban J connectivity index is 0.000000250. The summed E-state index contributed by atoms with van der Waals surface area (Å²) >= 11 is 4.83. The zero-order chi connectivity index (χ0) is 82.8. The number of Topliss-reactive ketones (excluding diaryl/α,β-unsaturated/α-hetero) is 5. The number of rotatable bonds is 34. The third-order valence-electron chi connectivity index (χ3n) is 21.4. The van der Waals surface area contributed by atoms with Crippen LogP contribution < -0.4 is 11.5 Å². The van der Waals surface area contributed by atoms with Crippen LogP contribution >= 0.6 is 34.0 Å². The number of aromatic nitrogens is 3. The number of benzene rings is 3. The molecule has 6 aromatic rings. The number of aryl methyl sites for hydroxylation is 6. The van der Waals surface area contributed by atoms with Gasteiger partial charge < -0.3 is 46.6 Å². The third kappa shape index (κ3) is 28.5. The first kappa shape index (κ1) is 93.4. The summed E-state index contributed by atoms with van der Waals surface area (Å²) in [5.41, 5.74) is 25.4. The van der Waals surface area contributed by atoms with Crippen molar-refractivity contribution < 1.29 is 63.6 Å². The van der Waals surface area contributed by atoms with Crippen LogP contribution in [0.1, 0.15) is 232 Å². The van der Waals surface area contributed by atoms with E-state index in [1.54, 1.807) is 38.9 Å². The van der Waals surface area contributed by atoms with Gasteiger partial charge in [0.05, 0.1) is 90.7 Å². The van der Waals surface area contributed by atoms with E-state index in [-0.39, 0.29) is 105 Å². The number of aliphatic hydroxyl groups excluding tert-OH is 3. The molecule has 3 amide bonds. The highest BCUT2D eigenvalue weighted by molar-refractivity contribution is 7.14. The molecular weight excluding hydrogens is 1470 g/mol. The summed E-state index contributed by atoms with van der Waals surface area (Å²) in [5, 5.41) is 39.0. The Hall–Kier alpha value is -7.42. The van der Waals surface area contributed by atoms with Gasteiger partial charge in [-0.05, 0) is 122 Å². The molecule has 3 aliphatic heterocycles. The predicted molar refractivity (Wildman–Crippen MR) is 447 cm³/mol. The number of carbonyl (C=O) groups excluding carboxylic acids is 8. The second-order valence-electron chi connectivity index (χ2n) is 33.7. The van der Waals surface area contributed by atoms with Gasteiger partial charge >= 0.3 is 5.97 Å². The first-order valence-corrected chi connectivity index (χ1v) is 42.7. The maximum atomic E-state index is 13.7. The number of hydrogen-bond acceptors (Lipinski definition) is 20. The molecule has 0 saturated carbocycles. The van der Waals surface area contributed by atoms with Gasteiger partial charge in [-0.15, -0.1) is 34.0 Å². The maximum absolute atomic E-state index is 13.7. The molecule has 24 heteroatoms. The SMILES string of the molecule is CCCCCC(=O)C[C@H](C(=O)N1C[C@H](O)C[C@H]1C(=O)CCc1ccc(-c2scnc2C)cc1)C(C)(C)C.CCCCCC(=O)O.Cc1ncsc1-c1ccc(CCC(=O)[C@@H]2C[C@@H](O)CN2C(=O)[C@@H](CC(=O)CCCCN)C(C)(C)C)cc1.Cc1ncsc1-c1ccc(CCC(=O)[C@@H]2C[C@@H](O)CN2C(=O)[C@@H](N)C(C)(C)C)cc1. The molecule has 614 valence electrons. The van der Waals surface area contributed by atoms with Crippen molar-refractivity contribution in [1.82, 2.24) is 29.7 Å². The van der Waals surface area contributed by atoms with Crippen LogP contribution in [0.25, 0.3) is 31.3 Å². The number of β-amino-alcohol motifs (C(OH)–C–C–N with tert-alkyl or cyclic N) is 3. The van der Waals surface area contributed by atoms with Gasteiger partial charge in [-0.3, -0.25) is 43.2 Å². The van der Waals surface area contributed by atoms with Crippen LogP contribution in [0.5, 0.6) is 0 Å². The summed E-state index contributed by atoms with van der Waals surface area (Å²) in [6, 6.07) is 21.9. The molecule has 3 aromatic carbocycles. The average Bonchev–Trinajstić information content (AvgIpc) is 1.56. The van der Waals surface area contributed by atoms with E-state index in [1.807, 2.05) is 148 Å². The summed E-state index contributed by atoms with van der Waals surface area (Å²) in [6.07, 6.45) is 10.2. The molecule has 3 fully saturated rings. The van der Waals surface area contributed by atoms with Crippen molar-refractivity contribution in [2.75, 3.05) is 26.2 Å². The standard InChI is InChI=1S/C30H42N2O4S.C29H41N3O4S.C23H31N3O3S.C6H12O2/c1-6-7-8-9-23(33)16-25(30(3,4)5)29(36)32-18-24(34)17-26(32)27(35)15-12-21-10-13-22(14-11-21)28-20(2)31-19-37-28;1-19-27(37-18-31-19)21-11-8-20(9-12-21)10-13-26(35)25-16-23(34)17-32(25)28(36)24(29(2,3)4)15-22(33)7-5-6-14-30;1-14-20(30-13-25-14)16-8-5-15(6-9-16)7-10-19(28)18-11-17(27)12-26(18)22(29)21(24)23(2,3)4;1-2-3-4-5-6(7)8/h10-11,13-14,19,24-26,34H,6-9,12,15-18H2,1-5H3;8-9,11-12,18,23-25,34H,5-7,10,13-17,30H2,1-4H3;5-6,8-9,13,17-18,21,27H,7,10-12,24H2,1-4H3;2-5H2,1H3,(H,7,8)/t24-,25-,26+;23-,24-,25+;17-,18+,21-;/m111./s1.